The minimum Gasteiger partial charge on any atom is -0.493 e. The smallest absolute Gasteiger partial charge is 0.269 e. The number of likely N-dealkylation sites (tertiary alicyclic amines) is 1. The number of carbonyl (C=O) groups excluding carboxylic acids is 1. The van der Waals surface area contributed by atoms with Gasteiger partial charge in [0.1, 0.15) is 0 Å². The van der Waals surface area contributed by atoms with Crippen molar-refractivity contribution in [1.82, 2.24) is 9.47 Å². The Morgan fingerprint density at radius 2 is 1.91 bits per heavy atom. The van der Waals surface area contributed by atoms with Crippen molar-refractivity contribution in [3.8, 4) is 5.88 Å². The fourth-order valence-corrected chi connectivity index (χ4v) is 6.73. The summed E-state index contributed by atoms with van der Waals surface area (Å²) >= 11 is 3.53. The van der Waals surface area contributed by atoms with Crippen molar-refractivity contribution in [2.24, 2.45) is 21.1 Å². The van der Waals surface area contributed by atoms with Gasteiger partial charge in [0.2, 0.25) is 5.88 Å². The molecule has 2 aliphatic rings. The van der Waals surface area contributed by atoms with E-state index in [-0.39, 0.29) is 18.2 Å². The van der Waals surface area contributed by atoms with Gasteiger partial charge in [0.25, 0.3) is 5.91 Å². The van der Waals surface area contributed by atoms with Gasteiger partial charge in [0.05, 0.1) is 18.6 Å². The third-order valence-corrected chi connectivity index (χ3v) is 7.77. The predicted molar refractivity (Wildman–Crippen MR) is 137 cm³/mol. The van der Waals surface area contributed by atoms with E-state index in [1.165, 1.54) is 12.8 Å². The SMILES string of the molecule is CC1(C)CC2CC(C)(CN2Cn2c(O)c(N=NC(=O)Cc3ccccc3)c3cc(Br)ccc32)C1. The van der Waals surface area contributed by atoms with Gasteiger partial charge in [-0.1, -0.05) is 67.0 Å². The van der Waals surface area contributed by atoms with E-state index in [2.05, 4.69) is 51.8 Å². The number of nitrogens with zero attached hydrogens (tertiary/aromatic N) is 4. The molecule has 2 aromatic carbocycles. The van der Waals surface area contributed by atoms with Gasteiger partial charge in [0, 0.05) is 22.4 Å². The Bertz CT molecular complexity index is 1270. The summed E-state index contributed by atoms with van der Waals surface area (Å²) in [6.45, 7) is 8.73. The molecule has 5 rings (SSSR count). The number of hydrogen-bond donors (Lipinski definition) is 1. The van der Waals surface area contributed by atoms with E-state index < -0.39 is 0 Å². The summed E-state index contributed by atoms with van der Waals surface area (Å²) in [6.07, 6.45) is 3.76. The molecule has 2 bridgehead atoms. The molecule has 1 aliphatic heterocycles. The van der Waals surface area contributed by atoms with Crippen molar-refractivity contribution >= 4 is 38.4 Å². The highest BCUT2D eigenvalue weighted by Gasteiger charge is 2.49. The number of benzene rings is 2. The van der Waals surface area contributed by atoms with E-state index >= 15 is 0 Å². The van der Waals surface area contributed by atoms with Gasteiger partial charge in [-0.2, -0.15) is 0 Å². The molecule has 3 aromatic rings. The van der Waals surface area contributed by atoms with Crippen LogP contribution in [-0.4, -0.2) is 33.1 Å². The lowest BCUT2D eigenvalue weighted by atomic mass is 9.65. The molecule has 1 aliphatic carbocycles. The van der Waals surface area contributed by atoms with Crippen LogP contribution in [0.3, 0.4) is 0 Å². The van der Waals surface area contributed by atoms with Gasteiger partial charge in [-0.25, -0.2) is 0 Å². The van der Waals surface area contributed by atoms with Crippen LogP contribution in [0.5, 0.6) is 5.88 Å². The van der Waals surface area contributed by atoms with Crippen molar-refractivity contribution in [2.75, 3.05) is 6.54 Å². The second-order valence-corrected chi connectivity index (χ2v) is 12.0. The van der Waals surface area contributed by atoms with E-state index in [1.807, 2.05) is 53.1 Å². The summed E-state index contributed by atoms with van der Waals surface area (Å²) in [6, 6.07) is 15.9. The summed E-state index contributed by atoms with van der Waals surface area (Å²) in [5.41, 5.74) is 2.75. The van der Waals surface area contributed by atoms with Crippen LogP contribution < -0.4 is 0 Å². The molecule has 2 unspecified atom stereocenters. The van der Waals surface area contributed by atoms with Crippen LogP contribution in [0.2, 0.25) is 0 Å². The molecule has 1 amide bonds. The predicted octanol–water partition coefficient (Wildman–Crippen LogP) is 6.82. The summed E-state index contributed by atoms with van der Waals surface area (Å²) in [4.78, 5) is 14.9. The minimum absolute atomic E-state index is 0.0511. The van der Waals surface area contributed by atoms with Crippen molar-refractivity contribution in [2.45, 2.75) is 59.2 Å². The zero-order valence-electron chi connectivity index (χ0n) is 20.0. The minimum atomic E-state index is -0.343. The quantitative estimate of drug-likeness (QED) is 0.373. The van der Waals surface area contributed by atoms with E-state index in [0.717, 1.165) is 33.9 Å². The normalized spacial score (nSPS) is 24.3. The van der Waals surface area contributed by atoms with Crippen LogP contribution in [0.1, 0.15) is 45.6 Å². The van der Waals surface area contributed by atoms with Gasteiger partial charge < -0.3 is 5.11 Å². The maximum absolute atomic E-state index is 12.4. The highest BCUT2D eigenvalue weighted by Crippen LogP contribution is 2.53. The number of fused-ring (bicyclic) bond motifs is 3. The first-order chi connectivity index (χ1) is 16.1. The molecule has 6 nitrogen and oxygen atoms in total. The van der Waals surface area contributed by atoms with Crippen molar-refractivity contribution in [3.63, 3.8) is 0 Å². The van der Waals surface area contributed by atoms with E-state index in [4.69, 9.17) is 0 Å². The zero-order valence-corrected chi connectivity index (χ0v) is 21.5. The zero-order chi connectivity index (χ0) is 24.1. The van der Waals surface area contributed by atoms with Crippen molar-refractivity contribution < 1.29 is 9.90 Å². The van der Waals surface area contributed by atoms with Gasteiger partial charge in [-0.15, -0.1) is 10.2 Å². The summed E-state index contributed by atoms with van der Waals surface area (Å²) in [5, 5.41) is 20.2. The van der Waals surface area contributed by atoms with Crippen molar-refractivity contribution in [1.29, 1.82) is 0 Å². The molecule has 34 heavy (non-hydrogen) atoms. The number of hydrogen-bond acceptors (Lipinski definition) is 4. The number of carbonyl (C=O) groups is 1. The highest BCUT2D eigenvalue weighted by molar-refractivity contribution is 9.10. The summed E-state index contributed by atoms with van der Waals surface area (Å²) in [5.74, 6) is -0.291. The first-order valence-corrected chi connectivity index (χ1v) is 12.7. The second kappa shape index (κ2) is 8.61. The third-order valence-electron chi connectivity index (χ3n) is 7.28. The second-order valence-electron chi connectivity index (χ2n) is 11.1. The molecule has 1 N–H and O–H groups in total. The molecular weight excluding hydrogens is 492 g/mol. The van der Waals surface area contributed by atoms with Gasteiger partial charge in [-0.3, -0.25) is 14.3 Å². The average Bonchev–Trinajstić information content (AvgIpc) is 3.15. The number of aromatic hydroxyl groups is 1. The standard InChI is InChI=1S/C27H31BrN4O2/c1-26(2)13-20-14-27(3,15-26)16-31(20)17-32-22-10-9-19(28)12-21(22)24(25(32)34)30-29-23(33)11-18-7-5-4-6-8-18/h4-10,12,20,34H,11,13-17H2,1-3H3. The molecule has 2 fully saturated rings. The van der Waals surface area contributed by atoms with Crippen LogP contribution >= 0.6 is 15.9 Å². The van der Waals surface area contributed by atoms with E-state index in [9.17, 15) is 9.90 Å². The van der Waals surface area contributed by atoms with Crippen LogP contribution in [0, 0.1) is 10.8 Å². The summed E-state index contributed by atoms with van der Waals surface area (Å²) < 4.78 is 2.80. The largest absolute Gasteiger partial charge is 0.493 e. The molecule has 7 heteroatoms. The Hall–Kier alpha value is -2.51. The number of amides is 1. The first-order valence-electron chi connectivity index (χ1n) is 11.9. The highest BCUT2D eigenvalue weighted by atomic mass is 79.9. The third kappa shape index (κ3) is 4.56. The molecule has 1 saturated carbocycles. The van der Waals surface area contributed by atoms with Crippen LogP contribution in [0.4, 0.5) is 5.69 Å². The Labute approximate surface area is 208 Å². The lowest BCUT2D eigenvalue weighted by Crippen LogP contribution is -2.35. The Morgan fingerprint density at radius 1 is 1.15 bits per heavy atom. The molecule has 2 heterocycles. The fraction of sp³-hybridized carbons (Fsp3) is 0.444. The van der Waals surface area contributed by atoms with Gasteiger partial charge in [-0.05, 0) is 53.9 Å². The lowest BCUT2D eigenvalue weighted by Gasteiger charge is -2.40. The molecule has 0 radical (unpaired) electrons. The topological polar surface area (TPSA) is 70.2 Å². The molecule has 1 aromatic heterocycles. The molecule has 2 atom stereocenters. The fourth-order valence-electron chi connectivity index (χ4n) is 6.37. The molecular formula is C27H31BrN4O2. The molecule has 1 saturated heterocycles. The van der Waals surface area contributed by atoms with E-state index in [1.54, 1.807) is 0 Å². The van der Waals surface area contributed by atoms with Crippen LogP contribution in [-0.2, 0) is 17.9 Å². The Kier molecular flexibility index (Phi) is 5.89. The number of azo groups is 1. The van der Waals surface area contributed by atoms with Crippen molar-refractivity contribution in [3.05, 3.63) is 58.6 Å². The maximum Gasteiger partial charge on any atom is 0.269 e. The number of rotatable bonds is 5. The van der Waals surface area contributed by atoms with Gasteiger partial charge in [0.15, 0.2) is 5.69 Å². The van der Waals surface area contributed by atoms with Crippen LogP contribution in [0.25, 0.3) is 10.9 Å². The Morgan fingerprint density at radius 3 is 2.68 bits per heavy atom. The van der Waals surface area contributed by atoms with E-state index in [0.29, 0.717) is 29.2 Å². The van der Waals surface area contributed by atoms with Gasteiger partial charge >= 0.3 is 0 Å². The van der Waals surface area contributed by atoms with Crippen LogP contribution in [0.15, 0.2) is 63.2 Å². The molecule has 0 spiro atoms. The number of aromatic nitrogens is 1. The monoisotopic (exact) mass is 522 g/mol. The Balaban J connectivity index is 1.45. The summed E-state index contributed by atoms with van der Waals surface area (Å²) in [7, 11) is 0. The average molecular weight is 523 g/mol. The maximum atomic E-state index is 12.4. The lowest BCUT2D eigenvalue weighted by molar-refractivity contribution is -0.117. The number of halogens is 1. The molecule has 178 valence electrons. The first kappa shape index (κ1) is 23.2.